The van der Waals surface area contributed by atoms with Crippen LogP contribution in [-0.2, 0) is 11.8 Å². The molecule has 0 unspecified atom stereocenters. The first-order valence-electron chi connectivity index (χ1n) is 10.2. The topological polar surface area (TPSA) is 88.9 Å². The molecule has 9 heteroatoms. The van der Waals surface area contributed by atoms with Crippen LogP contribution in [0, 0.1) is 16.4 Å². The number of nitrogens with zero attached hydrogens (tertiary/aromatic N) is 3. The van der Waals surface area contributed by atoms with Gasteiger partial charge in [0, 0.05) is 21.9 Å². The Balaban J connectivity index is 1.66. The van der Waals surface area contributed by atoms with Crippen molar-refractivity contribution in [2.75, 3.05) is 11.1 Å². The smallest absolute Gasteiger partial charge is 0.251 e. The van der Waals surface area contributed by atoms with Gasteiger partial charge in [-0.1, -0.05) is 43.3 Å². The molecule has 1 aromatic heterocycles. The van der Waals surface area contributed by atoms with Gasteiger partial charge in [0.15, 0.2) is 11.0 Å². The number of hydrogen-bond donors (Lipinski definition) is 2. The van der Waals surface area contributed by atoms with Crippen molar-refractivity contribution in [3.05, 3.63) is 69.1 Å². The van der Waals surface area contributed by atoms with Crippen molar-refractivity contribution in [1.82, 2.24) is 20.1 Å². The fraction of sp³-hybridized carbons (Fsp3) is 0.304. The molecule has 0 saturated heterocycles. The van der Waals surface area contributed by atoms with Crippen LogP contribution in [0.15, 0.2) is 53.7 Å². The first-order chi connectivity index (χ1) is 15.2. The summed E-state index contributed by atoms with van der Waals surface area (Å²) in [6.07, 6.45) is 0. The number of hydrogen-bond acceptors (Lipinski definition) is 5. The van der Waals surface area contributed by atoms with Crippen molar-refractivity contribution in [1.29, 1.82) is 0 Å². The van der Waals surface area contributed by atoms with E-state index in [1.807, 2.05) is 74.9 Å². The van der Waals surface area contributed by atoms with Gasteiger partial charge in [-0.05, 0) is 71.8 Å². The summed E-state index contributed by atoms with van der Waals surface area (Å²) in [5.41, 5.74) is 2.40. The van der Waals surface area contributed by atoms with Gasteiger partial charge < -0.3 is 15.2 Å². The van der Waals surface area contributed by atoms with Gasteiger partial charge in [-0.15, -0.1) is 10.2 Å². The van der Waals surface area contributed by atoms with Crippen LogP contribution in [0.4, 0.5) is 5.69 Å². The van der Waals surface area contributed by atoms with Crippen molar-refractivity contribution in [2.24, 2.45) is 13.0 Å². The van der Waals surface area contributed by atoms with Gasteiger partial charge in [-0.3, -0.25) is 9.59 Å². The van der Waals surface area contributed by atoms with Crippen LogP contribution in [0.1, 0.15) is 41.6 Å². The predicted molar refractivity (Wildman–Crippen MR) is 136 cm³/mol. The van der Waals surface area contributed by atoms with Crippen LogP contribution in [0.25, 0.3) is 0 Å². The summed E-state index contributed by atoms with van der Waals surface area (Å²) in [5, 5.41) is 15.1. The fourth-order valence-electron chi connectivity index (χ4n) is 3.12. The number of carbonyl (C=O) groups is 2. The van der Waals surface area contributed by atoms with E-state index in [4.69, 9.17) is 0 Å². The zero-order valence-corrected chi connectivity index (χ0v) is 21.4. The Bertz CT molecular complexity index is 1100. The van der Waals surface area contributed by atoms with E-state index in [1.165, 1.54) is 11.8 Å². The van der Waals surface area contributed by atoms with Gasteiger partial charge in [0.1, 0.15) is 0 Å². The third kappa shape index (κ3) is 6.32. The number of anilines is 1. The number of benzene rings is 2. The first kappa shape index (κ1) is 24.2. The Hall–Kier alpha value is -2.40. The van der Waals surface area contributed by atoms with Crippen molar-refractivity contribution >= 4 is 51.9 Å². The second-order valence-corrected chi connectivity index (χ2v) is 10.00. The summed E-state index contributed by atoms with van der Waals surface area (Å²) in [5.74, 6) is 0.700. The van der Waals surface area contributed by atoms with Crippen molar-refractivity contribution < 1.29 is 9.59 Å². The van der Waals surface area contributed by atoms with E-state index >= 15 is 0 Å². The largest absolute Gasteiger partial charge is 0.342 e. The number of amides is 2. The zero-order chi connectivity index (χ0) is 23.3. The van der Waals surface area contributed by atoms with E-state index in [2.05, 4.69) is 43.4 Å². The van der Waals surface area contributed by atoms with E-state index in [9.17, 15) is 9.59 Å². The van der Waals surface area contributed by atoms with E-state index in [0.29, 0.717) is 16.5 Å². The van der Waals surface area contributed by atoms with Crippen LogP contribution in [0.5, 0.6) is 0 Å². The van der Waals surface area contributed by atoms with Gasteiger partial charge in [0.2, 0.25) is 5.91 Å². The minimum Gasteiger partial charge on any atom is -0.342 e. The molecule has 0 saturated carbocycles. The number of rotatable bonds is 8. The Kier molecular flexibility index (Phi) is 8.30. The van der Waals surface area contributed by atoms with Crippen molar-refractivity contribution in [3.8, 4) is 0 Å². The van der Waals surface area contributed by atoms with E-state index < -0.39 is 0 Å². The van der Waals surface area contributed by atoms with Crippen molar-refractivity contribution in [2.45, 2.75) is 32.0 Å². The van der Waals surface area contributed by atoms with Gasteiger partial charge in [0.25, 0.3) is 5.91 Å². The number of nitrogens with one attached hydrogen (secondary N) is 2. The van der Waals surface area contributed by atoms with Crippen LogP contribution in [0.2, 0.25) is 0 Å². The summed E-state index contributed by atoms with van der Waals surface area (Å²) < 4.78 is 2.94. The molecular weight excluding hydrogens is 537 g/mol. The normalized spacial score (nSPS) is 11.9. The molecule has 0 radical (unpaired) electrons. The molecule has 7 nitrogen and oxygen atoms in total. The molecule has 0 aliphatic rings. The molecule has 0 aliphatic heterocycles. The minimum absolute atomic E-state index is 0.105. The maximum absolute atomic E-state index is 12.8. The summed E-state index contributed by atoms with van der Waals surface area (Å²) in [6.45, 7) is 6.01. The highest BCUT2D eigenvalue weighted by Crippen LogP contribution is 2.24. The standard InChI is InChI=1S/C23H26IN5O2S/c1-14(2)20(26-22(31)16-7-5-6-15(3)12-16)21-27-28-23(29(21)4)32-13-19(30)25-18-10-8-17(24)9-11-18/h5-12,14,20H,13H2,1-4H3,(H,25,30)(H,26,31)/t20-/m0/s1. The molecule has 3 aromatic rings. The Labute approximate surface area is 205 Å². The Morgan fingerprint density at radius 3 is 2.50 bits per heavy atom. The summed E-state index contributed by atoms with van der Waals surface area (Å²) in [7, 11) is 1.85. The number of halogens is 1. The summed E-state index contributed by atoms with van der Waals surface area (Å²) >= 11 is 3.53. The molecular formula is C23H26IN5O2S. The SMILES string of the molecule is Cc1cccc(C(=O)N[C@H](c2nnc(SCC(=O)Nc3ccc(I)cc3)n2C)C(C)C)c1. The number of aromatic nitrogens is 3. The van der Waals surface area contributed by atoms with Crippen LogP contribution >= 0.6 is 34.4 Å². The predicted octanol–water partition coefficient (Wildman–Crippen LogP) is 4.59. The quantitative estimate of drug-likeness (QED) is 0.309. The third-order valence-corrected chi connectivity index (χ3v) is 6.58. The Morgan fingerprint density at radius 2 is 1.84 bits per heavy atom. The molecule has 168 valence electrons. The molecule has 3 rings (SSSR count). The lowest BCUT2D eigenvalue weighted by Crippen LogP contribution is -2.33. The highest BCUT2D eigenvalue weighted by molar-refractivity contribution is 14.1. The van der Waals surface area contributed by atoms with Crippen molar-refractivity contribution in [3.63, 3.8) is 0 Å². The van der Waals surface area contributed by atoms with E-state index in [0.717, 1.165) is 14.8 Å². The molecule has 0 bridgehead atoms. The third-order valence-electron chi connectivity index (χ3n) is 4.84. The lowest BCUT2D eigenvalue weighted by atomic mass is 10.0. The average Bonchev–Trinajstić information content (AvgIpc) is 3.11. The lowest BCUT2D eigenvalue weighted by molar-refractivity contribution is -0.113. The molecule has 2 amide bonds. The monoisotopic (exact) mass is 563 g/mol. The van der Waals surface area contributed by atoms with Crippen LogP contribution < -0.4 is 10.6 Å². The molecule has 1 atom stereocenters. The zero-order valence-electron chi connectivity index (χ0n) is 18.4. The molecule has 32 heavy (non-hydrogen) atoms. The molecule has 0 aliphatic carbocycles. The number of carbonyl (C=O) groups excluding carboxylic acids is 2. The maximum Gasteiger partial charge on any atom is 0.251 e. The van der Waals surface area contributed by atoms with Gasteiger partial charge in [-0.25, -0.2) is 0 Å². The highest BCUT2D eigenvalue weighted by Gasteiger charge is 2.25. The molecule has 2 aromatic carbocycles. The molecule has 1 heterocycles. The molecule has 2 N–H and O–H groups in total. The van der Waals surface area contributed by atoms with Gasteiger partial charge in [-0.2, -0.15) is 0 Å². The second-order valence-electron chi connectivity index (χ2n) is 7.81. The second kappa shape index (κ2) is 11.0. The Morgan fingerprint density at radius 1 is 1.12 bits per heavy atom. The fourth-order valence-corrected chi connectivity index (χ4v) is 4.20. The minimum atomic E-state index is -0.310. The van der Waals surface area contributed by atoms with Gasteiger partial charge in [0.05, 0.1) is 11.8 Å². The van der Waals surface area contributed by atoms with Gasteiger partial charge >= 0.3 is 0 Å². The van der Waals surface area contributed by atoms with E-state index in [-0.39, 0.29) is 29.5 Å². The number of aryl methyl sites for hydroxylation is 1. The van der Waals surface area contributed by atoms with E-state index in [1.54, 1.807) is 6.07 Å². The number of thioether (sulfide) groups is 1. The van der Waals surface area contributed by atoms with Crippen LogP contribution in [-0.4, -0.2) is 32.3 Å². The molecule has 0 spiro atoms. The summed E-state index contributed by atoms with van der Waals surface area (Å²) in [6, 6.07) is 14.8. The molecule has 0 fully saturated rings. The summed E-state index contributed by atoms with van der Waals surface area (Å²) in [4.78, 5) is 25.1. The highest BCUT2D eigenvalue weighted by atomic mass is 127. The first-order valence-corrected chi connectivity index (χ1v) is 12.3. The van der Waals surface area contributed by atoms with Crippen LogP contribution in [0.3, 0.4) is 0 Å². The average molecular weight is 563 g/mol. The maximum atomic E-state index is 12.8. The lowest BCUT2D eigenvalue weighted by Gasteiger charge is -2.21.